The van der Waals surface area contributed by atoms with Gasteiger partial charge in [0.1, 0.15) is 0 Å². The monoisotopic (exact) mass is 430 g/mol. The minimum Gasteiger partial charge on any atom is -0.448 e. The molecule has 0 radical (unpaired) electrons. The zero-order valence-corrected chi connectivity index (χ0v) is 17.9. The number of benzene rings is 2. The Morgan fingerprint density at radius 2 is 1.87 bits per heavy atom. The predicted octanol–water partition coefficient (Wildman–Crippen LogP) is 5.32. The molecule has 1 atom stereocenters. The molecule has 0 spiro atoms. The van der Waals surface area contributed by atoms with E-state index in [1.54, 1.807) is 18.0 Å². The molecule has 0 aliphatic carbocycles. The highest BCUT2D eigenvalue weighted by molar-refractivity contribution is 7.99. The van der Waals surface area contributed by atoms with Gasteiger partial charge in [-0.15, -0.1) is 10.2 Å². The number of hydrogen-bond acceptors (Lipinski definition) is 7. The van der Waals surface area contributed by atoms with Crippen LogP contribution in [0.5, 0.6) is 5.88 Å². The molecule has 1 unspecified atom stereocenters. The van der Waals surface area contributed by atoms with Gasteiger partial charge in [-0.05, 0) is 12.5 Å². The third kappa shape index (κ3) is 3.98. The van der Waals surface area contributed by atoms with E-state index in [0.717, 1.165) is 46.7 Å². The summed E-state index contributed by atoms with van der Waals surface area (Å²) in [5.41, 5.74) is 5.29. The third-order valence-corrected chi connectivity index (χ3v) is 6.00. The van der Waals surface area contributed by atoms with Crippen molar-refractivity contribution in [2.45, 2.75) is 31.1 Å². The first kappa shape index (κ1) is 19.6. The number of aromatic nitrogens is 5. The summed E-state index contributed by atoms with van der Waals surface area (Å²) in [6.45, 7) is 2.17. The van der Waals surface area contributed by atoms with Crippen molar-refractivity contribution < 1.29 is 4.74 Å². The van der Waals surface area contributed by atoms with Crippen molar-refractivity contribution in [1.29, 1.82) is 0 Å². The van der Waals surface area contributed by atoms with E-state index in [1.165, 1.54) is 0 Å². The number of unbranched alkanes of at least 4 members (excludes halogenated alkanes) is 1. The van der Waals surface area contributed by atoms with E-state index in [2.05, 4.69) is 32.6 Å². The van der Waals surface area contributed by atoms with Gasteiger partial charge in [0.2, 0.25) is 17.3 Å². The summed E-state index contributed by atoms with van der Waals surface area (Å²) in [7, 11) is 0. The molecule has 2 N–H and O–H groups in total. The Bertz CT molecular complexity index is 1180. The van der Waals surface area contributed by atoms with Gasteiger partial charge < -0.3 is 10.1 Å². The lowest BCUT2D eigenvalue weighted by molar-refractivity contribution is 0.226. The van der Waals surface area contributed by atoms with E-state index in [1.807, 2.05) is 54.6 Å². The van der Waals surface area contributed by atoms with Crippen molar-refractivity contribution in [2.75, 3.05) is 11.1 Å². The number of H-pyrrole nitrogens is 1. The fourth-order valence-corrected chi connectivity index (χ4v) is 4.35. The Morgan fingerprint density at radius 1 is 1.03 bits per heavy atom. The minimum absolute atomic E-state index is 0.469. The number of hydrogen-bond donors (Lipinski definition) is 2. The lowest BCUT2D eigenvalue weighted by atomic mass is 10.1. The fraction of sp³-hybridized carbons (Fsp3) is 0.217. The van der Waals surface area contributed by atoms with Crippen LogP contribution in [-0.2, 0) is 0 Å². The van der Waals surface area contributed by atoms with Gasteiger partial charge in [0, 0.05) is 22.6 Å². The maximum atomic E-state index is 6.39. The molecule has 156 valence electrons. The summed E-state index contributed by atoms with van der Waals surface area (Å²) in [6.07, 6.45) is 3.54. The van der Waals surface area contributed by atoms with Crippen molar-refractivity contribution in [3.05, 3.63) is 66.4 Å². The molecule has 0 fully saturated rings. The molecule has 0 saturated carbocycles. The van der Waals surface area contributed by atoms with Crippen LogP contribution < -0.4 is 10.1 Å². The van der Waals surface area contributed by atoms with Crippen LogP contribution in [0.15, 0.2) is 66.0 Å². The lowest BCUT2D eigenvalue weighted by Gasteiger charge is -2.19. The van der Waals surface area contributed by atoms with E-state index >= 15 is 0 Å². The van der Waals surface area contributed by atoms with E-state index in [0.29, 0.717) is 16.7 Å². The van der Waals surface area contributed by atoms with Crippen molar-refractivity contribution >= 4 is 17.4 Å². The van der Waals surface area contributed by atoms with Crippen molar-refractivity contribution in [2.24, 2.45) is 0 Å². The Morgan fingerprint density at radius 3 is 2.74 bits per heavy atom. The summed E-state index contributed by atoms with van der Waals surface area (Å²) in [4.78, 5) is 4.70. The average Bonchev–Trinajstić information content (AvgIpc) is 3.24. The molecule has 1 aliphatic rings. The summed E-state index contributed by atoms with van der Waals surface area (Å²) >= 11 is 1.60. The molecule has 0 bridgehead atoms. The zero-order chi connectivity index (χ0) is 21.0. The van der Waals surface area contributed by atoms with Gasteiger partial charge >= 0.3 is 0 Å². The van der Waals surface area contributed by atoms with Crippen LogP contribution in [0.4, 0.5) is 5.69 Å². The predicted molar refractivity (Wildman–Crippen MR) is 122 cm³/mol. The molecule has 3 heterocycles. The number of aromatic amines is 1. The van der Waals surface area contributed by atoms with Gasteiger partial charge in [-0.2, -0.15) is 10.1 Å². The second-order valence-corrected chi connectivity index (χ2v) is 8.27. The topological polar surface area (TPSA) is 88.6 Å². The number of nitrogens with zero attached hydrogens (tertiary/aromatic N) is 4. The highest BCUT2D eigenvalue weighted by Crippen LogP contribution is 2.40. The van der Waals surface area contributed by atoms with Crippen molar-refractivity contribution in [1.82, 2.24) is 25.4 Å². The van der Waals surface area contributed by atoms with E-state index in [4.69, 9.17) is 9.72 Å². The van der Waals surface area contributed by atoms with E-state index in [-0.39, 0.29) is 0 Å². The number of fused-ring (bicyclic) bond motifs is 3. The average molecular weight is 431 g/mol. The van der Waals surface area contributed by atoms with Crippen LogP contribution >= 0.6 is 11.8 Å². The molecule has 7 nitrogen and oxygen atoms in total. The van der Waals surface area contributed by atoms with Crippen LogP contribution in [-0.4, -0.2) is 31.1 Å². The lowest BCUT2D eigenvalue weighted by Crippen LogP contribution is -2.17. The van der Waals surface area contributed by atoms with Gasteiger partial charge in [0.25, 0.3) is 0 Å². The number of rotatable bonds is 6. The maximum Gasteiger partial charge on any atom is 0.247 e. The van der Waals surface area contributed by atoms with Crippen molar-refractivity contribution in [3.63, 3.8) is 0 Å². The minimum atomic E-state index is -0.485. The summed E-state index contributed by atoms with van der Waals surface area (Å²) < 4.78 is 6.39. The quantitative estimate of drug-likeness (QED) is 0.316. The number of anilines is 1. The van der Waals surface area contributed by atoms with Gasteiger partial charge in [-0.1, -0.05) is 73.6 Å². The molecule has 0 saturated heterocycles. The highest BCUT2D eigenvalue weighted by atomic mass is 32.2. The Kier molecular flexibility index (Phi) is 5.54. The first-order chi connectivity index (χ1) is 15.3. The van der Waals surface area contributed by atoms with Crippen LogP contribution in [0.1, 0.15) is 31.6 Å². The number of ether oxygens (including phenoxy) is 1. The van der Waals surface area contributed by atoms with Gasteiger partial charge in [0.15, 0.2) is 5.69 Å². The molecule has 5 rings (SSSR count). The van der Waals surface area contributed by atoms with Crippen molar-refractivity contribution in [3.8, 4) is 28.4 Å². The molecule has 8 heteroatoms. The summed E-state index contributed by atoms with van der Waals surface area (Å²) in [5, 5.41) is 20.3. The normalized spacial score (nSPS) is 14.7. The van der Waals surface area contributed by atoms with Gasteiger partial charge in [-0.25, -0.2) is 0 Å². The molecular weight excluding hydrogens is 408 g/mol. The second-order valence-electron chi connectivity index (χ2n) is 7.20. The highest BCUT2D eigenvalue weighted by Gasteiger charge is 2.28. The maximum absolute atomic E-state index is 6.39. The fourth-order valence-electron chi connectivity index (χ4n) is 3.49. The van der Waals surface area contributed by atoms with Gasteiger partial charge in [-0.3, -0.25) is 5.10 Å². The largest absolute Gasteiger partial charge is 0.448 e. The summed E-state index contributed by atoms with van der Waals surface area (Å²) in [5.74, 6) is 1.42. The SMILES string of the molecule is CCCCSc1nnc2c(n1)OC(c1cn[nH]c1-c1ccccc1)Nc1ccccc1-2. The van der Waals surface area contributed by atoms with Crippen LogP contribution in [0.3, 0.4) is 0 Å². The first-order valence-electron chi connectivity index (χ1n) is 10.3. The number of para-hydroxylation sites is 1. The smallest absolute Gasteiger partial charge is 0.247 e. The third-order valence-electron chi connectivity index (χ3n) is 5.08. The molecule has 2 aromatic carbocycles. The molecule has 1 aliphatic heterocycles. The van der Waals surface area contributed by atoms with Crippen LogP contribution in [0, 0.1) is 0 Å². The molecular formula is C23H22N6OS. The Labute approximate surface area is 184 Å². The number of nitrogens with one attached hydrogen (secondary N) is 2. The van der Waals surface area contributed by atoms with Crippen LogP contribution in [0.2, 0.25) is 0 Å². The molecule has 0 amide bonds. The number of thioether (sulfide) groups is 1. The molecule has 31 heavy (non-hydrogen) atoms. The standard InChI is InChI=1S/C23H22N6OS/c1-2-3-13-31-23-26-22-20(28-29-23)16-11-7-8-12-18(16)25-21(30-22)17-14-24-27-19(17)15-9-5-4-6-10-15/h4-12,14,21,25H,2-3,13H2,1H3,(H,24,27). The second kappa shape index (κ2) is 8.77. The molecule has 2 aromatic heterocycles. The van der Waals surface area contributed by atoms with Crippen LogP contribution in [0.25, 0.3) is 22.5 Å². The zero-order valence-electron chi connectivity index (χ0n) is 17.1. The van der Waals surface area contributed by atoms with E-state index < -0.39 is 6.23 Å². The first-order valence-corrected chi connectivity index (χ1v) is 11.3. The molecule has 4 aromatic rings. The van der Waals surface area contributed by atoms with E-state index in [9.17, 15) is 0 Å². The Balaban J connectivity index is 1.56. The Hall–Kier alpha value is -3.39. The summed E-state index contributed by atoms with van der Waals surface area (Å²) in [6, 6.07) is 18.1. The van der Waals surface area contributed by atoms with Gasteiger partial charge in [0.05, 0.1) is 17.5 Å².